The third-order valence-electron chi connectivity index (χ3n) is 3.07. The van der Waals surface area contributed by atoms with Crippen molar-refractivity contribution < 1.29 is 14.6 Å². The minimum Gasteiger partial charge on any atom is -0.497 e. The predicted octanol–water partition coefficient (Wildman–Crippen LogP) is 3.67. The van der Waals surface area contributed by atoms with Crippen LogP contribution in [0, 0.1) is 20.2 Å². The van der Waals surface area contributed by atoms with E-state index in [1.807, 2.05) is 0 Å². The smallest absolute Gasteiger partial charge is 0.301 e. The summed E-state index contributed by atoms with van der Waals surface area (Å²) in [4.78, 5) is 24.5. The number of non-ortho nitro benzene ring substituents is 1. The number of methoxy groups -OCH3 is 1. The van der Waals surface area contributed by atoms with Gasteiger partial charge in [0.15, 0.2) is 0 Å². The summed E-state index contributed by atoms with van der Waals surface area (Å²) in [6.07, 6.45) is 0. The molecule has 0 aliphatic heterocycles. The SMILES string of the molecule is COc1ccc(NC(C)=Nc2ccc([N+](=O)[O-])cc2[N+](=O)[O-])cc1. The molecule has 24 heavy (non-hydrogen) atoms. The van der Waals surface area contributed by atoms with E-state index in [1.165, 1.54) is 12.1 Å². The van der Waals surface area contributed by atoms with Crippen LogP contribution in [-0.4, -0.2) is 22.8 Å². The van der Waals surface area contributed by atoms with Crippen molar-refractivity contribution in [2.45, 2.75) is 6.92 Å². The van der Waals surface area contributed by atoms with Gasteiger partial charge < -0.3 is 10.1 Å². The van der Waals surface area contributed by atoms with Gasteiger partial charge in [-0.2, -0.15) is 0 Å². The maximum Gasteiger partial charge on any atom is 0.301 e. The first-order chi connectivity index (χ1) is 11.4. The quantitative estimate of drug-likeness (QED) is 0.386. The van der Waals surface area contributed by atoms with Crippen molar-refractivity contribution in [3.63, 3.8) is 0 Å². The zero-order valence-electron chi connectivity index (χ0n) is 12.9. The number of nitro benzene ring substituents is 2. The number of aliphatic imine (C=N–C) groups is 1. The first-order valence-corrected chi connectivity index (χ1v) is 6.80. The Labute approximate surface area is 136 Å². The van der Waals surface area contributed by atoms with Crippen LogP contribution in [0.25, 0.3) is 0 Å². The molecule has 0 aliphatic rings. The molecule has 9 heteroatoms. The molecule has 124 valence electrons. The highest BCUT2D eigenvalue weighted by atomic mass is 16.6. The van der Waals surface area contributed by atoms with Gasteiger partial charge in [0, 0.05) is 11.8 Å². The highest BCUT2D eigenvalue weighted by molar-refractivity contribution is 5.95. The van der Waals surface area contributed by atoms with Gasteiger partial charge >= 0.3 is 5.69 Å². The van der Waals surface area contributed by atoms with Crippen molar-refractivity contribution in [2.24, 2.45) is 4.99 Å². The number of ether oxygens (including phenoxy) is 1. The standard InChI is InChI=1S/C15H14N4O5/c1-10(16-11-3-6-13(24-2)7-4-11)17-14-8-5-12(18(20)21)9-15(14)19(22)23/h3-9H,1-2H3,(H,16,17). The molecule has 0 bridgehead atoms. The van der Waals surface area contributed by atoms with Gasteiger partial charge in [-0.3, -0.25) is 20.2 Å². The third-order valence-corrected chi connectivity index (χ3v) is 3.07. The van der Waals surface area contributed by atoms with Crippen LogP contribution < -0.4 is 10.1 Å². The van der Waals surface area contributed by atoms with Crippen LogP contribution in [0.15, 0.2) is 47.5 Å². The second kappa shape index (κ2) is 7.18. The van der Waals surface area contributed by atoms with Crippen molar-refractivity contribution in [2.75, 3.05) is 12.4 Å². The van der Waals surface area contributed by atoms with E-state index >= 15 is 0 Å². The molecule has 2 rings (SSSR count). The second-order valence-electron chi connectivity index (χ2n) is 4.74. The number of anilines is 1. The van der Waals surface area contributed by atoms with Gasteiger partial charge in [0.25, 0.3) is 5.69 Å². The van der Waals surface area contributed by atoms with Gasteiger partial charge in [0.05, 0.1) is 23.0 Å². The Morgan fingerprint density at radius 1 is 1.08 bits per heavy atom. The normalized spacial score (nSPS) is 11.0. The van der Waals surface area contributed by atoms with E-state index in [4.69, 9.17) is 4.74 Å². The molecule has 1 N–H and O–H groups in total. The number of hydrogen-bond donors (Lipinski definition) is 1. The summed E-state index contributed by atoms with van der Waals surface area (Å²) < 4.78 is 5.05. The molecule has 0 atom stereocenters. The van der Waals surface area contributed by atoms with Gasteiger partial charge in [-0.15, -0.1) is 0 Å². The average molecular weight is 330 g/mol. The topological polar surface area (TPSA) is 120 Å². The lowest BCUT2D eigenvalue weighted by Gasteiger charge is -2.07. The average Bonchev–Trinajstić information content (AvgIpc) is 2.55. The van der Waals surface area contributed by atoms with Crippen LogP contribution >= 0.6 is 0 Å². The minimum absolute atomic E-state index is 0.0316. The fraction of sp³-hybridized carbons (Fsp3) is 0.133. The van der Waals surface area contributed by atoms with Crippen molar-refractivity contribution in [1.29, 1.82) is 0 Å². The molecule has 0 radical (unpaired) electrons. The third kappa shape index (κ3) is 4.03. The molecule has 0 aliphatic carbocycles. The molecule has 9 nitrogen and oxygen atoms in total. The number of nitrogens with zero attached hydrogens (tertiary/aromatic N) is 3. The molecule has 0 aromatic heterocycles. The summed E-state index contributed by atoms with van der Waals surface area (Å²) in [5.74, 6) is 1.10. The summed E-state index contributed by atoms with van der Waals surface area (Å²) in [5.41, 5.74) is -0.0350. The number of nitro groups is 2. The summed E-state index contributed by atoms with van der Waals surface area (Å²) in [6, 6.07) is 10.3. The van der Waals surface area contributed by atoms with Gasteiger partial charge in [-0.25, -0.2) is 4.99 Å². The monoisotopic (exact) mass is 330 g/mol. The van der Waals surface area contributed by atoms with Crippen molar-refractivity contribution in [3.05, 3.63) is 62.7 Å². The van der Waals surface area contributed by atoms with E-state index in [2.05, 4.69) is 10.3 Å². The van der Waals surface area contributed by atoms with Crippen LogP contribution in [0.2, 0.25) is 0 Å². The van der Waals surface area contributed by atoms with Crippen LogP contribution in [-0.2, 0) is 0 Å². The molecule has 0 heterocycles. The highest BCUT2D eigenvalue weighted by Gasteiger charge is 2.19. The molecule has 0 saturated carbocycles. The van der Waals surface area contributed by atoms with Gasteiger partial charge in [0.2, 0.25) is 0 Å². The maximum atomic E-state index is 11.1. The first kappa shape index (κ1) is 16.9. The number of benzene rings is 2. The molecular weight excluding hydrogens is 316 g/mol. The van der Waals surface area contributed by atoms with Crippen LogP contribution in [0.5, 0.6) is 5.75 Å². The van der Waals surface area contributed by atoms with E-state index in [1.54, 1.807) is 38.3 Å². The van der Waals surface area contributed by atoms with Crippen molar-refractivity contribution in [1.82, 2.24) is 0 Å². The number of amidine groups is 1. The van der Waals surface area contributed by atoms with E-state index < -0.39 is 15.5 Å². The lowest BCUT2D eigenvalue weighted by molar-refractivity contribution is -0.393. The Morgan fingerprint density at radius 3 is 2.29 bits per heavy atom. The minimum atomic E-state index is -0.702. The summed E-state index contributed by atoms with van der Waals surface area (Å²) in [6.45, 7) is 1.63. The van der Waals surface area contributed by atoms with E-state index in [9.17, 15) is 20.2 Å². The lowest BCUT2D eigenvalue weighted by Crippen LogP contribution is -2.06. The van der Waals surface area contributed by atoms with E-state index in [0.29, 0.717) is 11.6 Å². The molecule has 2 aromatic rings. The Bertz CT molecular complexity index is 802. The fourth-order valence-electron chi connectivity index (χ4n) is 1.96. The Kier molecular flexibility index (Phi) is 5.05. The lowest BCUT2D eigenvalue weighted by atomic mass is 10.2. The summed E-state index contributed by atoms with van der Waals surface area (Å²) in [7, 11) is 1.56. The summed E-state index contributed by atoms with van der Waals surface area (Å²) >= 11 is 0. The molecule has 0 amide bonds. The van der Waals surface area contributed by atoms with E-state index in [0.717, 1.165) is 11.8 Å². The van der Waals surface area contributed by atoms with Crippen LogP contribution in [0.3, 0.4) is 0 Å². The molecule has 0 saturated heterocycles. The predicted molar refractivity (Wildman–Crippen MR) is 89.1 cm³/mol. The molecule has 2 aromatic carbocycles. The second-order valence-corrected chi connectivity index (χ2v) is 4.74. The summed E-state index contributed by atoms with van der Waals surface area (Å²) in [5, 5.41) is 24.8. The van der Waals surface area contributed by atoms with Crippen molar-refractivity contribution >= 4 is 28.6 Å². The zero-order chi connectivity index (χ0) is 17.7. The number of rotatable bonds is 5. The Balaban J connectivity index is 2.28. The van der Waals surface area contributed by atoms with Gasteiger partial charge in [-0.05, 0) is 37.3 Å². The Hall–Kier alpha value is -3.49. The highest BCUT2D eigenvalue weighted by Crippen LogP contribution is 2.31. The molecule has 0 spiro atoms. The molecule has 0 fully saturated rings. The maximum absolute atomic E-state index is 11.1. The molecule has 0 unspecified atom stereocenters. The van der Waals surface area contributed by atoms with Gasteiger partial charge in [-0.1, -0.05) is 0 Å². The van der Waals surface area contributed by atoms with Gasteiger partial charge in [0.1, 0.15) is 17.3 Å². The zero-order valence-corrected chi connectivity index (χ0v) is 12.9. The Morgan fingerprint density at radius 2 is 1.75 bits per heavy atom. The number of nitrogens with one attached hydrogen (secondary N) is 1. The first-order valence-electron chi connectivity index (χ1n) is 6.80. The van der Waals surface area contributed by atoms with E-state index in [-0.39, 0.29) is 11.4 Å². The number of hydrogen-bond acceptors (Lipinski definition) is 6. The van der Waals surface area contributed by atoms with Crippen LogP contribution in [0.1, 0.15) is 6.92 Å². The fourth-order valence-corrected chi connectivity index (χ4v) is 1.96. The molecular formula is C15H14N4O5. The van der Waals surface area contributed by atoms with Crippen LogP contribution in [0.4, 0.5) is 22.7 Å². The van der Waals surface area contributed by atoms with Crippen molar-refractivity contribution in [3.8, 4) is 5.75 Å². The largest absolute Gasteiger partial charge is 0.497 e.